The summed E-state index contributed by atoms with van der Waals surface area (Å²) in [5.41, 5.74) is 1.63. The number of rotatable bonds is 6. The molecule has 1 saturated heterocycles. The predicted molar refractivity (Wildman–Crippen MR) is 119 cm³/mol. The van der Waals surface area contributed by atoms with E-state index < -0.39 is 17.5 Å². The van der Waals surface area contributed by atoms with Gasteiger partial charge in [-0.3, -0.25) is 14.6 Å². The minimum absolute atomic E-state index is 0.00643. The number of amides is 2. The van der Waals surface area contributed by atoms with Gasteiger partial charge in [0.25, 0.3) is 5.91 Å². The van der Waals surface area contributed by atoms with Crippen LogP contribution in [0.3, 0.4) is 0 Å². The second-order valence-corrected chi connectivity index (χ2v) is 8.37. The number of thiophene rings is 1. The molecule has 0 aliphatic carbocycles. The molecule has 1 aromatic carbocycles. The second kappa shape index (κ2) is 9.13. The van der Waals surface area contributed by atoms with Gasteiger partial charge in [0.15, 0.2) is 0 Å². The van der Waals surface area contributed by atoms with Gasteiger partial charge in [-0.2, -0.15) is 0 Å². The van der Waals surface area contributed by atoms with E-state index in [4.69, 9.17) is 0 Å². The molecule has 0 spiro atoms. The lowest BCUT2D eigenvalue weighted by Gasteiger charge is -2.23. The molecule has 160 valence electrons. The highest BCUT2D eigenvalue weighted by Gasteiger charge is 2.33. The Labute approximate surface area is 183 Å². The molecule has 4 rings (SSSR count). The predicted octanol–water partition coefficient (Wildman–Crippen LogP) is 2.16. The first-order chi connectivity index (χ1) is 15.0. The van der Waals surface area contributed by atoms with E-state index in [2.05, 4.69) is 40.0 Å². The average molecular weight is 438 g/mol. The van der Waals surface area contributed by atoms with E-state index in [0.29, 0.717) is 26.1 Å². The van der Waals surface area contributed by atoms with Gasteiger partial charge in [0, 0.05) is 31.1 Å². The molecular weight excluding hydrogens is 414 g/mol. The Morgan fingerprint density at radius 2 is 2.03 bits per heavy atom. The lowest BCUT2D eigenvalue weighted by Crippen LogP contribution is -2.38. The maximum Gasteiger partial charge on any atom is 0.341 e. The first-order valence-electron chi connectivity index (χ1n) is 10.0. The van der Waals surface area contributed by atoms with E-state index in [1.807, 2.05) is 23.6 Å². The van der Waals surface area contributed by atoms with Gasteiger partial charge in [-0.15, -0.1) is 23.0 Å². The molecule has 1 atom stereocenters. The third kappa shape index (κ3) is 4.66. The van der Waals surface area contributed by atoms with E-state index in [9.17, 15) is 14.4 Å². The van der Waals surface area contributed by atoms with Gasteiger partial charge in [0.1, 0.15) is 0 Å². The van der Waals surface area contributed by atoms with Crippen molar-refractivity contribution >= 4 is 23.2 Å². The molecule has 2 aromatic heterocycles. The topological polar surface area (TPSA) is 102 Å². The summed E-state index contributed by atoms with van der Waals surface area (Å²) in [6.45, 7) is 5.19. The molecule has 31 heavy (non-hydrogen) atoms. The van der Waals surface area contributed by atoms with Crippen molar-refractivity contribution in [2.45, 2.75) is 6.42 Å². The normalized spacial score (nSPS) is 16.9. The molecule has 2 amide bonds. The van der Waals surface area contributed by atoms with E-state index in [-0.39, 0.29) is 18.3 Å². The highest BCUT2D eigenvalue weighted by Crippen LogP contribution is 2.26. The summed E-state index contributed by atoms with van der Waals surface area (Å²) in [6, 6.07) is 12.3. The Hall–Kier alpha value is -3.46. The first-order valence-corrected chi connectivity index (χ1v) is 10.9. The molecule has 8 nitrogen and oxygen atoms in total. The third-order valence-corrected chi connectivity index (χ3v) is 6.24. The fourth-order valence-corrected chi connectivity index (χ4v) is 4.51. The number of H-pyrrole nitrogens is 2. The summed E-state index contributed by atoms with van der Waals surface area (Å²) in [6.07, 6.45) is 2.20. The van der Waals surface area contributed by atoms with Gasteiger partial charge < -0.3 is 9.80 Å². The maximum atomic E-state index is 13.2. The second-order valence-electron chi connectivity index (χ2n) is 7.43. The van der Waals surface area contributed by atoms with Crippen molar-refractivity contribution in [1.29, 1.82) is 0 Å². The summed E-state index contributed by atoms with van der Waals surface area (Å²) in [5.74, 6) is -0.851. The molecule has 0 radical (unpaired) electrons. The van der Waals surface area contributed by atoms with Crippen LogP contribution in [0.25, 0.3) is 10.4 Å². The molecule has 1 unspecified atom stereocenters. The minimum atomic E-state index is -0.537. The Balaban J connectivity index is 1.55. The lowest BCUT2D eigenvalue weighted by atomic mass is 9.96. The monoisotopic (exact) mass is 437 g/mol. The zero-order chi connectivity index (χ0) is 21.8. The zero-order valence-corrected chi connectivity index (χ0v) is 17.7. The minimum Gasteiger partial charge on any atom is -0.337 e. The molecule has 9 heteroatoms. The number of hydrogen-bond acceptors (Lipinski definition) is 5. The number of nitrogens with zero attached hydrogens (tertiary/aromatic N) is 3. The Morgan fingerprint density at radius 3 is 2.68 bits per heavy atom. The Kier molecular flexibility index (Phi) is 6.13. The van der Waals surface area contributed by atoms with Gasteiger partial charge in [0.2, 0.25) is 11.7 Å². The number of aromatic amines is 2. The number of carbonyl (C=O) groups excluding carboxylic acids is 2. The standard InChI is InChI=1S/C22H23N5O3S/c1-2-9-26-10-11-27(21(29)19-23-22(30)25-24-19)14-17(20(26)28)13-15-5-7-16(8-6-15)18-4-3-12-31-18/h2-8,12,17H,1,9-11,13-14H2,(H2,23,24,25,30). The van der Waals surface area contributed by atoms with E-state index in [1.165, 1.54) is 4.88 Å². The molecule has 1 aliphatic rings. The number of benzene rings is 1. The molecular formula is C22H23N5O3S. The third-order valence-electron chi connectivity index (χ3n) is 5.32. The maximum absolute atomic E-state index is 13.2. The van der Waals surface area contributed by atoms with E-state index >= 15 is 0 Å². The fraction of sp³-hybridized carbons (Fsp3) is 0.273. The van der Waals surface area contributed by atoms with Crippen molar-refractivity contribution < 1.29 is 9.59 Å². The number of carbonyl (C=O) groups is 2. The van der Waals surface area contributed by atoms with Gasteiger partial charge >= 0.3 is 5.69 Å². The lowest BCUT2D eigenvalue weighted by molar-refractivity contribution is -0.134. The first kappa shape index (κ1) is 20.8. The van der Waals surface area contributed by atoms with Crippen molar-refractivity contribution in [2.24, 2.45) is 5.92 Å². The van der Waals surface area contributed by atoms with Crippen LogP contribution in [-0.4, -0.2) is 63.0 Å². The summed E-state index contributed by atoms with van der Waals surface area (Å²) in [5, 5.41) is 7.99. The number of aromatic nitrogens is 3. The van der Waals surface area contributed by atoms with Crippen molar-refractivity contribution in [3.8, 4) is 10.4 Å². The largest absolute Gasteiger partial charge is 0.341 e. The molecule has 1 aliphatic heterocycles. The number of nitrogens with one attached hydrogen (secondary N) is 2. The van der Waals surface area contributed by atoms with Crippen LogP contribution >= 0.6 is 11.3 Å². The molecule has 0 bridgehead atoms. The van der Waals surface area contributed by atoms with Gasteiger partial charge in [0.05, 0.1) is 5.92 Å². The smallest absolute Gasteiger partial charge is 0.337 e. The van der Waals surface area contributed by atoms with Crippen LogP contribution in [0.4, 0.5) is 0 Å². The zero-order valence-electron chi connectivity index (χ0n) is 16.9. The SMILES string of the molecule is C=CCN1CCN(C(=O)c2n[nH]c(=O)[nH]2)CC(Cc2ccc(-c3cccs3)cc2)C1=O. The number of hydrogen-bond donors (Lipinski definition) is 2. The van der Waals surface area contributed by atoms with Crippen LogP contribution in [0.15, 0.2) is 59.2 Å². The molecule has 1 fully saturated rings. The van der Waals surface area contributed by atoms with Crippen LogP contribution in [0.5, 0.6) is 0 Å². The van der Waals surface area contributed by atoms with Crippen LogP contribution < -0.4 is 5.69 Å². The Bertz CT molecular complexity index is 1120. The van der Waals surface area contributed by atoms with Gasteiger partial charge in [-0.1, -0.05) is 36.4 Å². The quantitative estimate of drug-likeness (QED) is 0.577. The summed E-state index contributed by atoms with van der Waals surface area (Å²) >= 11 is 1.68. The summed E-state index contributed by atoms with van der Waals surface area (Å²) in [7, 11) is 0. The van der Waals surface area contributed by atoms with Crippen molar-refractivity contribution in [2.75, 3.05) is 26.2 Å². The van der Waals surface area contributed by atoms with E-state index in [1.54, 1.807) is 27.2 Å². The van der Waals surface area contributed by atoms with Gasteiger partial charge in [-0.25, -0.2) is 9.89 Å². The average Bonchev–Trinajstić information content (AvgIpc) is 3.44. The van der Waals surface area contributed by atoms with Crippen molar-refractivity contribution in [3.05, 3.63) is 76.3 Å². The molecule has 3 aromatic rings. The van der Waals surface area contributed by atoms with Crippen LogP contribution in [-0.2, 0) is 11.2 Å². The highest BCUT2D eigenvalue weighted by molar-refractivity contribution is 7.13. The van der Waals surface area contributed by atoms with Gasteiger partial charge in [-0.05, 0) is 29.0 Å². The van der Waals surface area contributed by atoms with Crippen LogP contribution in [0, 0.1) is 5.92 Å². The fourth-order valence-electron chi connectivity index (χ4n) is 3.77. The molecule has 0 saturated carbocycles. The Morgan fingerprint density at radius 1 is 1.23 bits per heavy atom. The summed E-state index contributed by atoms with van der Waals surface area (Å²) < 4.78 is 0. The molecule has 3 heterocycles. The van der Waals surface area contributed by atoms with Crippen molar-refractivity contribution in [3.63, 3.8) is 0 Å². The summed E-state index contributed by atoms with van der Waals surface area (Å²) in [4.78, 5) is 44.2. The molecule has 2 N–H and O–H groups in total. The van der Waals surface area contributed by atoms with Crippen LogP contribution in [0.1, 0.15) is 16.2 Å². The van der Waals surface area contributed by atoms with E-state index in [0.717, 1.165) is 11.1 Å². The van der Waals surface area contributed by atoms with Crippen LogP contribution in [0.2, 0.25) is 0 Å². The highest BCUT2D eigenvalue weighted by atomic mass is 32.1. The van der Waals surface area contributed by atoms with Crippen molar-refractivity contribution in [1.82, 2.24) is 25.0 Å².